The van der Waals surface area contributed by atoms with E-state index in [0.717, 1.165) is 17.7 Å². The Labute approximate surface area is 140 Å². The van der Waals surface area contributed by atoms with Gasteiger partial charge in [0.05, 0.1) is 5.69 Å². The molecule has 3 nitrogen and oxygen atoms in total. The summed E-state index contributed by atoms with van der Waals surface area (Å²) in [6.45, 7) is 1.93. The van der Waals surface area contributed by atoms with Gasteiger partial charge < -0.3 is 0 Å². The zero-order valence-corrected chi connectivity index (χ0v) is 14.7. The Balaban J connectivity index is 2.17. The maximum Gasteiger partial charge on any atom is 0.265 e. The number of rotatable bonds is 3. The van der Waals surface area contributed by atoms with E-state index in [1.54, 1.807) is 12.1 Å². The number of para-hydroxylation sites is 1. The standard InChI is InChI=1S/C16H16ClNO2S2/c1-11-9-12-5-3-4-6-14(12)18(11)22(19,20)16-10-13(17)7-8-15(16)21-2/h3-8,10-11H,9H2,1-2H3. The van der Waals surface area contributed by atoms with Crippen molar-refractivity contribution >= 4 is 39.1 Å². The molecular formula is C16H16ClNO2S2. The van der Waals surface area contributed by atoms with Gasteiger partial charge in [0, 0.05) is 16.0 Å². The van der Waals surface area contributed by atoms with Crippen molar-refractivity contribution in [3.8, 4) is 0 Å². The van der Waals surface area contributed by atoms with Crippen LogP contribution in [0, 0.1) is 0 Å². The summed E-state index contributed by atoms with van der Waals surface area (Å²) < 4.78 is 27.9. The Morgan fingerprint density at radius 3 is 2.68 bits per heavy atom. The molecule has 0 aliphatic carbocycles. The van der Waals surface area contributed by atoms with Crippen molar-refractivity contribution in [2.75, 3.05) is 10.6 Å². The number of benzene rings is 2. The van der Waals surface area contributed by atoms with Crippen LogP contribution in [-0.4, -0.2) is 20.7 Å². The number of sulfonamides is 1. The van der Waals surface area contributed by atoms with Gasteiger partial charge in [-0.25, -0.2) is 8.42 Å². The first kappa shape index (κ1) is 15.7. The van der Waals surface area contributed by atoms with Crippen LogP contribution in [0.2, 0.25) is 5.02 Å². The maximum atomic E-state index is 13.2. The molecule has 2 aromatic carbocycles. The van der Waals surface area contributed by atoms with Gasteiger partial charge in [-0.3, -0.25) is 4.31 Å². The molecule has 0 N–H and O–H groups in total. The second-order valence-electron chi connectivity index (χ2n) is 5.28. The summed E-state index contributed by atoms with van der Waals surface area (Å²) in [7, 11) is -3.64. The van der Waals surface area contributed by atoms with Gasteiger partial charge >= 0.3 is 0 Å². The zero-order chi connectivity index (χ0) is 15.9. The highest BCUT2D eigenvalue weighted by Crippen LogP contribution is 2.39. The highest BCUT2D eigenvalue weighted by molar-refractivity contribution is 7.99. The van der Waals surface area contributed by atoms with Gasteiger partial charge in [-0.1, -0.05) is 29.8 Å². The van der Waals surface area contributed by atoms with E-state index in [1.165, 1.54) is 22.1 Å². The van der Waals surface area contributed by atoms with Crippen LogP contribution in [0.15, 0.2) is 52.3 Å². The molecule has 6 heteroatoms. The largest absolute Gasteiger partial charge is 0.265 e. The number of anilines is 1. The zero-order valence-electron chi connectivity index (χ0n) is 12.3. The predicted octanol–water partition coefficient (Wildman–Crippen LogP) is 4.20. The van der Waals surface area contributed by atoms with Crippen LogP contribution in [0.3, 0.4) is 0 Å². The molecule has 116 valence electrons. The Morgan fingerprint density at radius 1 is 1.23 bits per heavy atom. The Bertz CT molecular complexity index is 821. The first-order chi connectivity index (χ1) is 10.4. The second-order valence-corrected chi connectivity index (χ2v) is 8.35. The molecule has 0 fully saturated rings. The average Bonchev–Trinajstić information content (AvgIpc) is 2.83. The van der Waals surface area contributed by atoms with Gasteiger partial charge in [-0.05, 0) is 49.4 Å². The molecule has 0 saturated carbocycles. The van der Waals surface area contributed by atoms with Gasteiger partial charge in [-0.15, -0.1) is 11.8 Å². The summed E-state index contributed by atoms with van der Waals surface area (Å²) in [6.07, 6.45) is 2.59. The molecule has 1 aliphatic heterocycles. The molecular weight excluding hydrogens is 338 g/mol. The minimum absolute atomic E-state index is 0.101. The fourth-order valence-electron chi connectivity index (χ4n) is 2.86. The average molecular weight is 354 g/mol. The molecule has 2 aromatic rings. The van der Waals surface area contributed by atoms with Crippen LogP contribution in [0.25, 0.3) is 0 Å². The fraction of sp³-hybridized carbons (Fsp3) is 0.250. The third kappa shape index (κ3) is 2.51. The Hall–Kier alpha value is -1.17. The minimum atomic E-state index is -3.64. The van der Waals surface area contributed by atoms with Gasteiger partial charge in [0.1, 0.15) is 4.90 Å². The van der Waals surface area contributed by atoms with Crippen molar-refractivity contribution in [3.05, 3.63) is 53.1 Å². The summed E-state index contributed by atoms with van der Waals surface area (Å²) in [6, 6.07) is 12.6. The number of fused-ring (bicyclic) bond motifs is 1. The topological polar surface area (TPSA) is 37.4 Å². The van der Waals surface area contributed by atoms with Crippen molar-refractivity contribution in [3.63, 3.8) is 0 Å². The molecule has 0 aromatic heterocycles. The van der Waals surface area contributed by atoms with E-state index in [-0.39, 0.29) is 10.9 Å². The lowest BCUT2D eigenvalue weighted by Crippen LogP contribution is -2.36. The van der Waals surface area contributed by atoms with E-state index in [0.29, 0.717) is 9.92 Å². The molecule has 3 rings (SSSR count). The van der Waals surface area contributed by atoms with Crippen molar-refractivity contribution in [2.24, 2.45) is 0 Å². The summed E-state index contributed by atoms with van der Waals surface area (Å²) in [4.78, 5) is 0.983. The summed E-state index contributed by atoms with van der Waals surface area (Å²) in [5.74, 6) is 0. The maximum absolute atomic E-state index is 13.2. The molecule has 1 aliphatic rings. The lowest BCUT2D eigenvalue weighted by atomic mass is 10.1. The molecule has 0 amide bonds. The van der Waals surface area contributed by atoms with Crippen molar-refractivity contribution in [2.45, 2.75) is 29.2 Å². The second kappa shape index (κ2) is 5.80. The lowest BCUT2D eigenvalue weighted by Gasteiger charge is -2.25. The number of hydrogen-bond acceptors (Lipinski definition) is 3. The quantitative estimate of drug-likeness (QED) is 0.776. The number of thioether (sulfide) groups is 1. The smallest absolute Gasteiger partial charge is 0.263 e. The van der Waals surface area contributed by atoms with Gasteiger partial charge in [0.15, 0.2) is 0 Å². The third-order valence-electron chi connectivity index (χ3n) is 3.81. The highest BCUT2D eigenvalue weighted by Gasteiger charge is 2.36. The number of hydrogen-bond donors (Lipinski definition) is 0. The van der Waals surface area contributed by atoms with Gasteiger partial charge in [-0.2, -0.15) is 0 Å². The normalized spacial score (nSPS) is 17.6. The monoisotopic (exact) mass is 353 g/mol. The van der Waals surface area contributed by atoms with E-state index < -0.39 is 10.0 Å². The van der Waals surface area contributed by atoms with Gasteiger partial charge in [0.25, 0.3) is 10.0 Å². The van der Waals surface area contributed by atoms with Crippen LogP contribution in [0.5, 0.6) is 0 Å². The van der Waals surface area contributed by atoms with Crippen LogP contribution in [0.4, 0.5) is 5.69 Å². The minimum Gasteiger partial charge on any atom is -0.263 e. The molecule has 0 radical (unpaired) electrons. The third-order valence-corrected chi connectivity index (χ3v) is 6.94. The Kier molecular flexibility index (Phi) is 4.14. The first-order valence-electron chi connectivity index (χ1n) is 6.91. The lowest BCUT2D eigenvalue weighted by molar-refractivity contribution is 0.582. The molecule has 22 heavy (non-hydrogen) atoms. The molecule has 0 spiro atoms. The summed E-state index contributed by atoms with van der Waals surface area (Å²) in [5.41, 5.74) is 1.83. The summed E-state index contributed by atoms with van der Waals surface area (Å²) >= 11 is 7.44. The van der Waals surface area contributed by atoms with Gasteiger partial charge in [0.2, 0.25) is 0 Å². The molecule has 1 heterocycles. The van der Waals surface area contributed by atoms with Crippen LogP contribution < -0.4 is 4.31 Å². The van der Waals surface area contributed by atoms with E-state index >= 15 is 0 Å². The predicted molar refractivity (Wildman–Crippen MR) is 92.5 cm³/mol. The Morgan fingerprint density at radius 2 is 1.95 bits per heavy atom. The number of nitrogens with zero attached hydrogens (tertiary/aromatic N) is 1. The molecule has 1 atom stereocenters. The van der Waals surface area contributed by atoms with E-state index in [1.807, 2.05) is 37.4 Å². The van der Waals surface area contributed by atoms with Crippen molar-refractivity contribution in [1.29, 1.82) is 0 Å². The molecule has 0 bridgehead atoms. The highest BCUT2D eigenvalue weighted by atomic mass is 35.5. The molecule has 0 saturated heterocycles. The first-order valence-corrected chi connectivity index (χ1v) is 9.95. The van der Waals surface area contributed by atoms with Crippen LogP contribution in [-0.2, 0) is 16.4 Å². The van der Waals surface area contributed by atoms with E-state index in [4.69, 9.17) is 11.6 Å². The van der Waals surface area contributed by atoms with Crippen LogP contribution >= 0.6 is 23.4 Å². The van der Waals surface area contributed by atoms with Crippen molar-refractivity contribution < 1.29 is 8.42 Å². The SMILES string of the molecule is CSc1ccc(Cl)cc1S(=O)(=O)N1c2ccccc2CC1C. The van der Waals surface area contributed by atoms with Crippen LogP contribution in [0.1, 0.15) is 12.5 Å². The number of halogens is 1. The van der Waals surface area contributed by atoms with Crippen molar-refractivity contribution in [1.82, 2.24) is 0 Å². The fourth-order valence-corrected chi connectivity index (χ4v) is 5.92. The van der Waals surface area contributed by atoms with E-state index in [9.17, 15) is 8.42 Å². The van der Waals surface area contributed by atoms with E-state index in [2.05, 4.69) is 0 Å². The molecule has 1 unspecified atom stereocenters. The summed E-state index contributed by atoms with van der Waals surface area (Å²) in [5, 5.41) is 0.427.